The van der Waals surface area contributed by atoms with Crippen molar-refractivity contribution in [2.45, 2.75) is 38.1 Å². The van der Waals surface area contributed by atoms with Crippen LogP contribution in [0.15, 0.2) is 29.2 Å². The van der Waals surface area contributed by atoms with E-state index in [-0.39, 0.29) is 17.7 Å². The van der Waals surface area contributed by atoms with Crippen LogP contribution in [0.2, 0.25) is 0 Å². The lowest BCUT2D eigenvalue weighted by molar-refractivity contribution is -0.121. The molecular weight excluding hydrogens is 276 g/mol. The summed E-state index contributed by atoms with van der Waals surface area (Å²) in [6, 6.07) is 6.72. The molecule has 6 heteroatoms. The molecule has 2 N–H and O–H groups in total. The highest BCUT2D eigenvalue weighted by Gasteiger charge is 2.10. The second kappa shape index (κ2) is 7.28. The Balaban J connectivity index is 2.49. The van der Waals surface area contributed by atoms with Gasteiger partial charge in [-0.05, 0) is 38.1 Å². The molecule has 1 aromatic rings. The number of sulfone groups is 1. The summed E-state index contributed by atoms with van der Waals surface area (Å²) >= 11 is 0. The summed E-state index contributed by atoms with van der Waals surface area (Å²) in [6.45, 7) is 5.96. The summed E-state index contributed by atoms with van der Waals surface area (Å²) in [7, 11) is -3.15. The highest BCUT2D eigenvalue weighted by atomic mass is 32.2. The van der Waals surface area contributed by atoms with E-state index in [1.54, 1.807) is 31.2 Å². The lowest BCUT2D eigenvalue weighted by Crippen LogP contribution is -2.31. The fourth-order valence-corrected chi connectivity index (χ4v) is 2.55. The minimum atomic E-state index is -3.15. The molecule has 0 aliphatic carbocycles. The van der Waals surface area contributed by atoms with E-state index in [4.69, 9.17) is 0 Å². The van der Waals surface area contributed by atoms with Crippen molar-refractivity contribution in [3.8, 4) is 0 Å². The number of hydrogen-bond donors (Lipinski definition) is 2. The molecule has 1 aromatic carbocycles. The van der Waals surface area contributed by atoms with Crippen molar-refractivity contribution >= 4 is 21.4 Å². The Hall–Kier alpha value is -1.56. The zero-order valence-corrected chi connectivity index (χ0v) is 13.0. The van der Waals surface area contributed by atoms with Crippen LogP contribution < -0.4 is 10.6 Å². The van der Waals surface area contributed by atoms with Crippen LogP contribution in [-0.4, -0.2) is 32.7 Å². The molecule has 5 nitrogen and oxygen atoms in total. The number of carbonyl (C=O) groups excluding carboxylic acids is 1. The van der Waals surface area contributed by atoms with E-state index in [2.05, 4.69) is 10.6 Å². The summed E-state index contributed by atoms with van der Waals surface area (Å²) in [5.74, 6) is 0.0903. The number of rotatable bonds is 7. The summed E-state index contributed by atoms with van der Waals surface area (Å²) in [6.07, 6.45) is 0.382. The average Bonchev–Trinajstić information content (AvgIpc) is 2.38. The van der Waals surface area contributed by atoms with Gasteiger partial charge in [0.05, 0.1) is 10.6 Å². The van der Waals surface area contributed by atoms with E-state index in [1.165, 1.54) is 0 Å². The second-order valence-electron chi connectivity index (χ2n) is 4.83. The first-order valence-electron chi connectivity index (χ1n) is 6.71. The van der Waals surface area contributed by atoms with E-state index in [1.807, 2.05) is 13.8 Å². The number of hydrogen-bond acceptors (Lipinski definition) is 4. The van der Waals surface area contributed by atoms with Crippen LogP contribution in [0.3, 0.4) is 0 Å². The highest BCUT2D eigenvalue weighted by molar-refractivity contribution is 7.91. The first-order valence-corrected chi connectivity index (χ1v) is 8.36. The van der Waals surface area contributed by atoms with E-state index < -0.39 is 9.84 Å². The molecule has 0 unspecified atom stereocenters. The van der Waals surface area contributed by atoms with Crippen LogP contribution in [-0.2, 0) is 14.6 Å². The summed E-state index contributed by atoms with van der Waals surface area (Å²) in [5, 5.41) is 5.90. The first kappa shape index (κ1) is 16.5. The fraction of sp³-hybridized carbons (Fsp3) is 0.500. The largest absolute Gasteiger partial charge is 0.385 e. The summed E-state index contributed by atoms with van der Waals surface area (Å²) in [5.41, 5.74) is 0.803. The molecule has 0 spiro atoms. The van der Waals surface area contributed by atoms with Gasteiger partial charge in [-0.15, -0.1) is 0 Å². The van der Waals surface area contributed by atoms with Crippen molar-refractivity contribution in [3.05, 3.63) is 24.3 Å². The van der Waals surface area contributed by atoms with Crippen molar-refractivity contribution in [2.75, 3.05) is 17.6 Å². The topological polar surface area (TPSA) is 75.3 Å². The van der Waals surface area contributed by atoms with Gasteiger partial charge in [0, 0.05) is 24.7 Å². The number of nitrogens with one attached hydrogen (secondary N) is 2. The maximum Gasteiger partial charge on any atom is 0.221 e. The third-order valence-corrected chi connectivity index (χ3v) is 4.47. The Morgan fingerprint density at radius 1 is 1.20 bits per heavy atom. The van der Waals surface area contributed by atoms with Gasteiger partial charge in [-0.2, -0.15) is 0 Å². The zero-order valence-electron chi connectivity index (χ0n) is 12.1. The molecule has 0 saturated heterocycles. The predicted octanol–water partition coefficient (Wildman–Crippen LogP) is 1.81. The van der Waals surface area contributed by atoms with Gasteiger partial charge < -0.3 is 10.6 Å². The normalized spacial score (nSPS) is 11.4. The van der Waals surface area contributed by atoms with Crippen molar-refractivity contribution < 1.29 is 13.2 Å². The van der Waals surface area contributed by atoms with Crippen LogP contribution >= 0.6 is 0 Å². The van der Waals surface area contributed by atoms with Crippen LogP contribution in [0.25, 0.3) is 0 Å². The molecule has 0 aliphatic heterocycles. The SMILES string of the molecule is CCS(=O)(=O)c1ccc(NCCC(=O)NC(C)C)cc1. The molecule has 1 rings (SSSR count). The Bertz CT molecular complexity index is 536. The van der Waals surface area contributed by atoms with Gasteiger partial charge in [0.15, 0.2) is 9.84 Å². The molecule has 0 aliphatic rings. The van der Waals surface area contributed by atoms with E-state index in [0.717, 1.165) is 5.69 Å². The Morgan fingerprint density at radius 3 is 2.30 bits per heavy atom. The maximum absolute atomic E-state index is 11.6. The Kier molecular flexibility index (Phi) is 6.01. The van der Waals surface area contributed by atoms with E-state index in [0.29, 0.717) is 17.9 Å². The highest BCUT2D eigenvalue weighted by Crippen LogP contribution is 2.15. The van der Waals surface area contributed by atoms with Crippen LogP contribution in [0, 0.1) is 0 Å². The van der Waals surface area contributed by atoms with Gasteiger partial charge in [0.25, 0.3) is 0 Å². The molecule has 0 bridgehead atoms. The van der Waals surface area contributed by atoms with E-state index in [9.17, 15) is 13.2 Å². The first-order chi connectivity index (χ1) is 9.35. The maximum atomic E-state index is 11.6. The zero-order chi connectivity index (χ0) is 15.2. The molecule has 0 heterocycles. The lowest BCUT2D eigenvalue weighted by atomic mass is 10.3. The van der Waals surface area contributed by atoms with Gasteiger partial charge in [0.2, 0.25) is 5.91 Å². The van der Waals surface area contributed by atoms with Crippen molar-refractivity contribution in [1.82, 2.24) is 5.32 Å². The fourth-order valence-electron chi connectivity index (χ4n) is 1.66. The van der Waals surface area contributed by atoms with Crippen LogP contribution in [0.5, 0.6) is 0 Å². The number of benzene rings is 1. The Morgan fingerprint density at radius 2 is 1.80 bits per heavy atom. The predicted molar refractivity (Wildman–Crippen MR) is 80.6 cm³/mol. The van der Waals surface area contributed by atoms with Crippen molar-refractivity contribution in [2.24, 2.45) is 0 Å². The smallest absolute Gasteiger partial charge is 0.221 e. The lowest BCUT2D eigenvalue weighted by Gasteiger charge is -2.10. The number of anilines is 1. The van der Waals surface area contributed by atoms with Gasteiger partial charge in [-0.25, -0.2) is 8.42 Å². The van der Waals surface area contributed by atoms with Gasteiger partial charge in [-0.3, -0.25) is 4.79 Å². The monoisotopic (exact) mass is 298 g/mol. The molecular formula is C14H22N2O3S. The van der Waals surface area contributed by atoms with Crippen molar-refractivity contribution in [3.63, 3.8) is 0 Å². The van der Waals surface area contributed by atoms with Gasteiger partial charge in [-0.1, -0.05) is 6.92 Å². The molecule has 112 valence electrons. The third-order valence-electron chi connectivity index (χ3n) is 2.72. The molecule has 0 aromatic heterocycles. The quantitative estimate of drug-likeness (QED) is 0.805. The summed E-state index contributed by atoms with van der Waals surface area (Å²) in [4.78, 5) is 11.8. The third kappa shape index (κ3) is 5.21. The van der Waals surface area contributed by atoms with Gasteiger partial charge >= 0.3 is 0 Å². The number of amides is 1. The second-order valence-corrected chi connectivity index (χ2v) is 7.11. The number of carbonyl (C=O) groups is 1. The van der Waals surface area contributed by atoms with E-state index >= 15 is 0 Å². The van der Waals surface area contributed by atoms with Crippen LogP contribution in [0.1, 0.15) is 27.2 Å². The molecule has 0 radical (unpaired) electrons. The average molecular weight is 298 g/mol. The standard InChI is InChI=1S/C14H22N2O3S/c1-4-20(18,19)13-7-5-12(6-8-13)15-10-9-14(17)16-11(2)3/h5-8,11,15H,4,9-10H2,1-3H3,(H,16,17). The Labute approximate surface area is 120 Å². The molecule has 0 saturated carbocycles. The van der Waals surface area contributed by atoms with Gasteiger partial charge in [0.1, 0.15) is 0 Å². The van der Waals surface area contributed by atoms with Crippen LogP contribution in [0.4, 0.5) is 5.69 Å². The minimum Gasteiger partial charge on any atom is -0.385 e. The molecule has 0 atom stereocenters. The molecule has 1 amide bonds. The minimum absolute atomic E-state index is 0.00215. The van der Waals surface area contributed by atoms with Crippen molar-refractivity contribution in [1.29, 1.82) is 0 Å². The molecule has 0 fully saturated rings. The summed E-state index contributed by atoms with van der Waals surface area (Å²) < 4.78 is 23.3. The molecule has 20 heavy (non-hydrogen) atoms.